The molecule has 21 heavy (non-hydrogen) atoms. The first-order valence-electron chi connectivity index (χ1n) is 7.61. The molecule has 0 saturated heterocycles. The van der Waals surface area contributed by atoms with Crippen LogP contribution in [0.2, 0.25) is 0 Å². The highest BCUT2D eigenvalue weighted by molar-refractivity contribution is 7.80. The summed E-state index contributed by atoms with van der Waals surface area (Å²) in [5, 5.41) is 7.06. The summed E-state index contributed by atoms with van der Waals surface area (Å²) >= 11 is 5.25. The Bertz CT molecular complexity index is 505. The Morgan fingerprint density at radius 1 is 1.38 bits per heavy atom. The fraction of sp³-hybridized carbons (Fsp3) is 0.562. The van der Waals surface area contributed by atoms with Crippen LogP contribution in [-0.4, -0.2) is 24.4 Å². The van der Waals surface area contributed by atoms with Crippen molar-refractivity contribution >= 4 is 17.3 Å². The predicted octanol–water partition coefficient (Wildman–Crippen LogP) is 2.78. The number of hydrogen-bond donors (Lipinski definition) is 2. The van der Waals surface area contributed by atoms with Gasteiger partial charge in [-0.3, -0.25) is 0 Å². The number of benzene rings is 1. The van der Waals surface area contributed by atoms with Crippen LogP contribution in [0.25, 0.3) is 0 Å². The Labute approximate surface area is 132 Å². The highest BCUT2D eigenvalue weighted by atomic mass is 32.1. The zero-order valence-corrected chi connectivity index (χ0v) is 13.8. The molecule has 2 rings (SSSR count). The van der Waals surface area contributed by atoms with Crippen LogP contribution < -0.4 is 20.1 Å². The van der Waals surface area contributed by atoms with Gasteiger partial charge in [-0.15, -0.1) is 0 Å². The SMILES string of the molecule is CCCNC(=S)NCc1cc2c(cc1OCC)C[C@H](C)O2. The van der Waals surface area contributed by atoms with Crippen molar-refractivity contribution in [2.45, 2.75) is 46.3 Å². The van der Waals surface area contributed by atoms with Gasteiger partial charge in [0.15, 0.2) is 5.11 Å². The highest BCUT2D eigenvalue weighted by Crippen LogP contribution is 2.35. The first kappa shape index (κ1) is 15.9. The second-order valence-corrected chi connectivity index (χ2v) is 5.65. The second-order valence-electron chi connectivity index (χ2n) is 5.24. The normalized spacial score (nSPS) is 16.0. The lowest BCUT2D eigenvalue weighted by molar-refractivity contribution is 0.254. The van der Waals surface area contributed by atoms with Gasteiger partial charge in [-0.25, -0.2) is 0 Å². The van der Waals surface area contributed by atoms with Gasteiger partial charge in [-0.05, 0) is 44.6 Å². The maximum atomic E-state index is 5.82. The molecular formula is C16H24N2O2S. The van der Waals surface area contributed by atoms with E-state index in [-0.39, 0.29) is 6.10 Å². The fourth-order valence-electron chi connectivity index (χ4n) is 2.39. The number of ether oxygens (including phenoxy) is 2. The van der Waals surface area contributed by atoms with Crippen LogP contribution in [0.3, 0.4) is 0 Å². The van der Waals surface area contributed by atoms with Gasteiger partial charge in [0.1, 0.15) is 17.6 Å². The number of rotatable bonds is 6. The van der Waals surface area contributed by atoms with E-state index >= 15 is 0 Å². The molecule has 0 unspecified atom stereocenters. The molecule has 0 aliphatic carbocycles. The molecule has 0 fully saturated rings. The van der Waals surface area contributed by atoms with Crippen molar-refractivity contribution < 1.29 is 9.47 Å². The average Bonchev–Trinajstić information content (AvgIpc) is 2.82. The van der Waals surface area contributed by atoms with Crippen molar-refractivity contribution in [2.75, 3.05) is 13.2 Å². The summed E-state index contributed by atoms with van der Waals surface area (Å²) in [5.74, 6) is 1.88. The topological polar surface area (TPSA) is 42.5 Å². The summed E-state index contributed by atoms with van der Waals surface area (Å²) in [7, 11) is 0. The van der Waals surface area contributed by atoms with Gasteiger partial charge in [0.05, 0.1) is 6.61 Å². The number of hydrogen-bond acceptors (Lipinski definition) is 3. The van der Waals surface area contributed by atoms with Gasteiger partial charge in [-0.1, -0.05) is 6.92 Å². The lowest BCUT2D eigenvalue weighted by atomic mass is 10.1. The zero-order valence-electron chi connectivity index (χ0n) is 13.0. The van der Waals surface area contributed by atoms with Crippen molar-refractivity contribution in [3.8, 4) is 11.5 Å². The first-order valence-corrected chi connectivity index (χ1v) is 8.01. The molecule has 2 N–H and O–H groups in total. The van der Waals surface area contributed by atoms with Crippen molar-refractivity contribution in [2.24, 2.45) is 0 Å². The Kier molecular flexibility index (Phi) is 5.67. The number of thiocarbonyl (C=S) groups is 1. The Morgan fingerprint density at radius 2 is 2.19 bits per heavy atom. The fourth-order valence-corrected chi connectivity index (χ4v) is 2.56. The lowest BCUT2D eigenvalue weighted by Gasteiger charge is -2.14. The predicted molar refractivity (Wildman–Crippen MR) is 89.1 cm³/mol. The molecule has 0 aromatic heterocycles. The van der Waals surface area contributed by atoms with Crippen molar-refractivity contribution in [1.29, 1.82) is 0 Å². The van der Waals surface area contributed by atoms with Gasteiger partial charge in [-0.2, -0.15) is 0 Å². The van der Waals surface area contributed by atoms with Gasteiger partial charge in [0.25, 0.3) is 0 Å². The molecular weight excluding hydrogens is 284 g/mol. The van der Waals surface area contributed by atoms with E-state index in [2.05, 4.69) is 36.6 Å². The zero-order chi connectivity index (χ0) is 15.2. The van der Waals surface area contributed by atoms with E-state index in [0.29, 0.717) is 18.3 Å². The molecule has 0 radical (unpaired) electrons. The third kappa shape index (κ3) is 4.24. The standard InChI is InChI=1S/C16H24N2O2S/c1-4-6-17-16(21)18-10-13-9-15-12(7-11(3)20-15)8-14(13)19-5-2/h8-9,11H,4-7,10H2,1-3H3,(H2,17,18,21)/t11-/m0/s1. The largest absolute Gasteiger partial charge is 0.494 e. The maximum absolute atomic E-state index is 5.82. The molecule has 1 aromatic carbocycles. The first-order chi connectivity index (χ1) is 10.1. The summed E-state index contributed by atoms with van der Waals surface area (Å²) in [5.41, 5.74) is 2.30. The van der Waals surface area contributed by atoms with Crippen LogP contribution in [0, 0.1) is 0 Å². The van der Waals surface area contributed by atoms with Gasteiger partial charge in [0.2, 0.25) is 0 Å². The molecule has 0 saturated carbocycles. The molecule has 0 spiro atoms. The van der Waals surface area contributed by atoms with Crippen LogP contribution in [0.1, 0.15) is 38.3 Å². The van der Waals surface area contributed by atoms with Crippen molar-refractivity contribution in [3.05, 3.63) is 23.3 Å². The van der Waals surface area contributed by atoms with Gasteiger partial charge < -0.3 is 20.1 Å². The summed E-state index contributed by atoms with van der Waals surface area (Å²) in [6.07, 6.45) is 2.24. The summed E-state index contributed by atoms with van der Waals surface area (Å²) in [4.78, 5) is 0. The van der Waals surface area contributed by atoms with Gasteiger partial charge in [0, 0.05) is 30.6 Å². The molecule has 4 nitrogen and oxygen atoms in total. The molecule has 1 aromatic rings. The van der Waals surface area contributed by atoms with Gasteiger partial charge >= 0.3 is 0 Å². The van der Waals surface area contributed by atoms with E-state index in [4.69, 9.17) is 21.7 Å². The van der Waals surface area contributed by atoms with Crippen molar-refractivity contribution in [1.82, 2.24) is 10.6 Å². The Balaban J connectivity index is 2.07. The minimum atomic E-state index is 0.241. The summed E-state index contributed by atoms with van der Waals surface area (Å²) < 4.78 is 11.6. The molecule has 5 heteroatoms. The van der Waals surface area contributed by atoms with E-state index in [1.807, 2.05) is 6.92 Å². The summed E-state index contributed by atoms with van der Waals surface area (Å²) in [6.45, 7) is 8.37. The van der Waals surface area contributed by atoms with Crippen LogP contribution in [-0.2, 0) is 13.0 Å². The quantitative estimate of drug-likeness (QED) is 0.791. The molecule has 0 bridgehead atoms. The smallest absolute Gasteiger partial charge is 0.166 e. The third-order valence-electron chi connectivity index (χ3n) is 3.35. The number of fused-ring (bicyclic) bond motifs is 1. The van der Waals surface area contributed by atoms with E-state index < -0.39 is 0 Å². The van der Waals surface area contributed by atoms with E-state index in [1.165, 1.54) is 5.56 Å². The molecule has 0 amide bonds. The monoisotopic (exact) mass is 308 g/mol. The van der Waals surface area contributed by atoms with Crippen LogP contribution >= 0.6 is 12.2 Å². The number of nitrogens with one attached hydrogen (secondary N) is 2. The van der Waals surface area contributed by atoms with Crippen LogP contribution in [0.4, 0.5) is 0 Å². The maximum Gasteiger partial charge on any atom is 0.166 e. The minimum absolute atomic E-state index is 0.241. The van der Waals surface area contributed by atoms with Crippen LogP contribution in [0.15, 0.2) is 12.1 Å². The van der Waals surface area contributed by atoms with E-state index in [1.54, 1.807) is 0 Å². The average molecular weight is 308 g/mol. The third-order valence-corrected chi connectivity index (χ3v) is 3.64. The minimum Gasteiger partial charge on any atom is -0.494 e. The Hall–Kier alpha value is -1.49. The van der Waals surface area contributed by atoms with E-state index in [9.17, 15) is 0 Å². The molecule has 1 aliphatic rings. The van der Waals surface area contributed by atoms with Crippen LogP contribution in [0.5, 0.6) is 11.5 Å². The lowest BCUT2D eigenvalue weighted by Crippen LogP contribution is -2.35. The molecule has 1 aliphatic heterocycles. The molecule has 1 atom stereocenters. The van der Waals surface area contributed by atoms with E-state index in [0.717, 1.165) is 36.4 Å². The second kappa shape index (κ2) is 7.50. The molecule has 116 valence electrons. The summed E-state index contributed by atoms with van der Waals surface area (Å²) in [6, 6.07) is 4.17. The van der Waals surface area contributed by atoms with Crippen molar-refractivity contribution in [3.63, 3.8) is 0 Å². The highest BCUT2D eigenvalue weighted by Gasteiger charge is 2.21. The molecule has 1 heterocycles. The Morgan fingerprint density at radius 3 is 2.90 bits per heavy atom.